The second-order valence-electron chi connectivity index (χ2n) is 7.04. The first kappa shape index (κ1) is 22.9. The van der Waals surface area contributed by atoms with E-state index in [1.165, 1.54) is 4.90 Å². The Morgan fingerprint density at radius 1 is 1.21 bits per heavy atom. The lowest BCUT2D eigenvalue weighted by molar-refractivity contribution is -0.897. The summed E-state index contributed by atoms with van der Waals surface area (Å²) in [4.78, 5) is 42.8. The molecule has 2 rings (SSSR count). The summed E-state index contributed by atoms with van der Waals surface area (Å²) in [5.74, 6) is -0.439. The van der Waals surface area contributed by atoms with Crippen molar-refractivity contribution in [1.82, 2.24) is 20.2 Å². The number of para-hydroxylation sites is 1. The summed E-state index contributed by atoms with van der Waals surface area (Å²) in [7, 11) is 0. The summed E-state index contributed by atoms with van der Waals surface area (Å²) >= 11 is 1.16. The van der Waals surface area contributed by atoms with Crippen molar-refractivity contribution < 1.29 is 14.5 Å². The number of thioether (sulfide) groups is 1. The number of hydrogen-bond acceptors (Lipinski definition) is 5. The molecule has 158 valence electrons. The molecule has 0 saturated heterocycles. The highest BCUT2D eigenvalue weighted by molar-refractivity contribution is 7.99. The minimum absolute atomic E-state index is 0.00553. The summed E-state index contributed by atoms with van der Waals surface area (Å²) < 4.78 is 1.64. The third-order valence-electron chi connectivity index (χ3n) is 4.52. The molecule has 0 aliphatic carbocycles. The zero-order valence-corrected chi connectivity index (χ0v) is 18.3. The number of fused-ring (bicyclic) bond motifs is 1. The second kappa shape index (κ2) is 11.0. The van der Waals surface area contributed by atoms with Gasteiger partial charge in [0.2, 0.25) is 5.91 Å². The summed E-state index contributed by atoms with van der Waals surface area (Å²) in [5, 5.41) is 5.95. The molecule has 0 bridgehead atoms. The van der Waals surface area contributed by atoms with Crippen molar-refractivity contribution in [2.45, 2.75) is 45.4 Å². The predicted octanol–water partition coefficient (Wildman–Crippen LogP) is 0.648. The van der Waals surface area contributed by atoms with Crippen LogP contribution in [0.5, 0.6) is 0 Å². The number of benzene rings is 1. The molecule has 29 heavy (non-hydrogen) atoms. The van der Waals surface area contributed by atoms with Gasteiger partial charge in [0.15, 0.2) is 5.16 Å². The summed E-state index contributed by atoms with van der Waals surface area (Å²) in [6, 6.07) is 6.61. The Balaban J connectivity index is 2.21. The fourth-order valence-corrected chi connectivity index (χ4v) is 3.74. The average molecular weight is 421 g/mol. The van der Waals surface area contributed by atoms with E-state index in [-0.39, 0.29) is 17.4 Å². The van der Waals surface area contributed by atoms with Crippen molar-refractivity contribution in [2.75, 3.05) is 25.4 Å². The molecule has 1 aromatic carbocycles. The SMILES string of the molecule is CC[NH+](CC)CCn1c(SCC(=O)NC(=O)NC(C)C)nc2ccccc2c1=O. The van der Waals surface area contributed by atoms with Crippen LogP contribution in [0.25, 0.3) is 10.9 Å². The molecule has 0 aliphatic rings. The Kier molecular flexibility index (Phi) is 8.66. The molecule has 0 radical (unpaired) electrons. The number of carbonyl (C=O) groups excluding carboxylic acids is 2. The molecule has 3 amide bonds. The number of imide groups is 1. The lowest BCUT2D eigenvalue weighted by Crippen LogP contribution is -3.11. The van der Waals surface area contributed by atoms with Crippen molar-refractivity contribution >= 4 is 34.6 Å². The number of urea groups is 1. The van der Waals surface area contributed by atoms with Gasteiger partial charge in [0.1, 0.15) is 0 Å². The number of aromatic nitrogens is 2. The first-order chi connectivity index (χ1) is 13.8. The van der Waals surface area contributed by atoms with Gasteiger partial charge in [-0.1, -0.05) is 23.9 Å². The second-order valence-corrected chi connectivity index (χ2v) is 7.98. The molecule has 0 fully saturated rings. The molecule has 1 aromatic heterocycles. The number of quaternary nitrogens is 1. The third-order valence-corrected chi connectivity index (χ3v) is 5.50. The molecule has 0 spiro atoms. The maximum atomic E-state index is 13.0. The Hall–Kier alpha value is -2.39. The molecule has 8 nitrogen and oxygen atoms in total. The maximum Gasteiger partial charge on any atom is 0.321 e. The zero-order chi connectivity index (χ0) is 21.4. The lowest BCUT2D eigenvalue weighted by Gasteiger charge is -2.18. The minimum Gasteiger partial charge on any atom is -0.336 e. The highest BCUT2D eigenvalue weighted by Crippen LogP contribution is 2.17. The van der Waals surface area contributed by atoms with E-state index in [4.69, 9.17) is 0 Å². The van der Waals surface area contributed by atoms with Gasteiger partial charge in [-0.2, -0.15) is 0 Å². The molecule has 1 heterocycles. The number of amides is 3. The highest BCUT2D eigenvalue weighted by Gasteiger charge is 2.16. The fourth-order valence-electron chi connectivity index (χ4n) is 2.92. The van der Waals surface area contributed by atoms with Gasteiger partial charge in [-0.25, -0.2) is 9.78 Å². The van der Waals surface area contributed by atoms with E-state index in [9.17, 15) is 14.4 Å². The molecule has 3 N–H and O–H groups in total. The van der Waals surface area contributed by atoms with Crippen LogP contribution >= 0.6 is 11.8 Å². The smallest absolute Gasteiger partial charge is 0.321 e. The van der Waals surface area contributed by atoms with Crippen molar-refractivity contribution in [3.63, 3.8) is 0 Å². The average Bonchev–Trinajstić information content (AvgIpc) is 2.68. The summed E-state index contributed by atoms with van der Waals surface area (Å²) in [6.45, 7) is 11.1. The number of nitrogens with zero attached hydrogens (tertiary/aromatic N) is 2. The van der Waals surface area contributed by atoms with Gasteiger partial charge in [-0.3, -0.25) is 19.5 Å². The van der Waals surface area contributed by atoms with Gasteiger partial charge in [-0.15, -0.1) is 0 Å². The Bertz CT molecular complexity index is 909. The summed E-state index contributed by atoms with van der Waals surface area (Å²) in [6.07, 6.45) is 0. The quantitative estimate of drug-likeness (QED) is 0.409. The van der Waals surface area contributed by atoms with Gasteiger partial charge in [-0.05, 0) is 39.8 Å². The van der Waals surface area contributed by atoms with Crippen molar-refractivity contribution in [1.29, 1.82) is 0 Å². The minimum atomic E-state index is -0.528. The molecule has 2 aromatic rings. The predicted molar refractivity (Wildman–Crippen MR) is 115 cm³/mol. The molecule has 0 atom stereocenters. The molecule has 0 saturated carbocycles. The van der Waals surface area contributed by atoms with Crippen molar-refractivity contribution in [3.8, 4) is 0 Å². The molecule has 9 heteroatoms. The fraction of sp³-hybridized carbons (Fsp3) is 0.500. The normalized spacial score (nSPS) is 11.2. The van der Waals surface area contributed by atoms with E-state index in [1.807, 2.05) is 26.0 Å². The molecule has 0 aliphatic heterocycles. The van der Waals surface area contributed by atoms with Crippen LogP contribution in [0, 0.1) is 0 Å². The van der Waals surface area contributed by atoms with E-state index in [1.54, 1.807) is 16.7 Å². The number of likely N-dealkylation sites (N-methyl/N-ethyl adjacent to an activating group) is 1. The van der Waals surface area contributed by atoms with E-state index in [0.29, 0.717) is 22.6 Å². The van der Waals surface area contributed by atoms with E-state index in [0.717, 1.165) is 31.4 Å². The van der Waals surface area contributed by atoms with Crippen LogP contribution in [-0.4, -0.2) is 52.9 Å². The van der Waals surface area contributed by atoms with E-state index >= 15 is 0 Å². The largest absolute Gasteiger partial charge is 0.336 e. The first-order valence-corrected chi connectivity index (χ1v) is 10.9. The lowest BCUT2D eigenvalue weighted by atomic mass is 10.2. The maximum absolute atomic E-state index is 13.0. The van der Waals surface area contributed by atoms with E-state index in [2.05, 4.69) is 29.5 Å². The Labute approximate surface area is 175 Å². The third kappa shape index (κ3) is 6.57. The number of carbonyl (C=O) groups is 2. The first-order valence-electron chi connectivity index (χ1n) is 9.91. The van der Waals surface area contributed by atoms with Crippen molar-refractivity contribution in [3.05, 3.63) is 34.6 Å². The van der Waals surface area contributed by atoms with Crippen LogP contribution in [0.4, 0.5) is 4.79 Å². The molecular weight excluding hydrogens is 390 g/mol. The standard InChI is InChI=1S/C20H29N5O3S/c1-5-24(6-2)11-12-25-18(27)15-9-7-8-10-16(15)22-20(25)29-13-17(26)23-19(28)21-14(3)4/h7-10,14H,5-6,11-13H2,1-4H3,(H2,21,23,26,28)/p+1. The van der Waals surface area contributed by atoms with Gasteiger partial charge >= 0.3 is 6.03 Å². The van der Waals surface area contributed by atoms with Crippen LogP contribution in [-0.2, 0) is 11.3 Å². The van der Waals surface area contributed by atoms with Crippen LogP contribution < -0.4 is 21.1 Å². The van der Waals surface area contributed by atoms with Gasteiger partial charge in [0.25, 0.3) is 5.56 Å². The molecule has 0 unspecified atom stereocenters. The Morgan fingerprint density at radius 2 is 1.90 bits per heavy atom. The Morgan fingerprint density at radius 3 is 2.55 bits per heavy atom. The topological polar surface area (TPSA) is 97.5 Å². The number of hydrogen-bond donors (Lipinski definition) is 3. The number of rotatable bonds is 9. The van der Waals surface area contributed by atoms with Gasteiger partial charge in [0.05, 0.1) is 42.8 Å². The van der Waals surface area contributed by atoms with Crippen LogP contribution in [0.15, 0.2) is 34.2 Å². The van der Waals surface area contributed by atoms with Gasteiger partial charge in [0, 0.05) is 6.04 Å². The van der Waals surface area contributed by atoms with Crippen molar-refractivity contribution in [2.24, 2.45) is 0 Å². The zero-order valence-electron chi connectivity index (χ0n) is 17.4. The van der Waals surface area contributed by atoms with Crippen LogP contribution in [0.3, 0.4) is 0 Å². The van der Waals surface area contributed by atoms with E-state index < -0.39 is 11.9 Å². The van der Waals surface area contributed by atoms with Crippen LogP contribution in [0.2, 0.25) is 0 Å². The van der Waals surface area contributed by atoms with Crippen LogP contribution in [0.1, 0.15) is 27.7 Å². The highest BCUT2D eigenvalue weighted by atomic mass is 32.2. The monoisotopic (exact) mass is 420 g/mol. The number of nitrogens with one attached hydrogen (secondary N) is 3. The molecular formula is C20H30N5O3S+. The van der Waals surface area contributed by atoms with Gasteiger partial charge < -0.3 is 10.2 Å². The summed E-state index contributed by atoms with van der Waals surface area (Å²) in [5.41, 5.74) is 0.493.